The molecule has 4 atom stereocenters. The topological polar surface area (TPSA) is 183 Å². The Labute approximate surface area is 216 Å². The van der Waals surface area contributed by atoms with Crippen LogP contribution in [0, 0.1) is 11.8 Å². The van der Waals surface area contributed by atoms with E-state index in [1.165, 1.54) is 6.07 Å². The third-order valence-corrected chi connectivity index (χ3v) is 6.90. The van der Waals surface area contributed by atoms with Gasteiger partial charge in [0.2, 0.25) is 5.91 Å². The predicted molar refractivity (Wildman–Crippen MR) is 136 cm³/mol. The van der Waals surface area contributed by atoms with Gasteiger partial charge in [-0.05, 0) is 71.3 Å². The zero-order valence-corrected chi connectivity index (χ0v) is 22.1. The van der Waals surface area contributed by atoms with Crippen LogP contribution in [-0.2, 0) is 20.8 Å². The van der Waals surface area contributed by atoms with Crippen LogP contribution in [0.1, 0.15) is 61.5 Å². The van der Waals surface area contributed by atoms with Gasteiger partial charge in [0.1, 0.15) is 11.9 Å². The van der Waals surface area contributed by atoms with E-state index in [-0.39, 0.29) is 36.0 Å². The SMILES string of the molecule is C/C(=N/OC(C)C)c1ccc(O)c2c1C[C@@H](C[C@@H]([C@@H](CO)N(C)C)[C@](O)(CO)C(=O)CC(N)=O)CC2=O. The molecule has 1 aliphatic carbocycles. The Morgan fingerprint density at radius 3 is 2.41 bits per heavy atom. The van der Waals surface area contributed by atoms with Crippen LogP contribution in [0.4, 0.5) is 0 Å². The van der Waals surface area contributed by atoms with Gasteiger partial charge >= 0.3 is 0 Å². The van der Waals surface area contributed by atoms with E-state index in [2.05, 4.69) is 5.16 Å². The molecule has 1 aliphatic rings. The van der Waals surface area contributed by atoms with Gasteiger partial charge in [-0.1, -0.05) is 5.16 Å². The second-order valence-corrected chi connectivity index (χ2v) is 10.2. The number of aliphatic hydroxyl groups excluding tert-OH is 2. The van der Waals surface area contributed by atoms with E-state index in [4.69, 9.17) is 10.6 Å². The Hall–Kier alpha value is -2.86. The number of oxime groups is 1. The van der Waals surface area contributed by atoms with E-state index in [9.17, 15) is 34.8 Å². The number of hydrogen-bond donors (Lipinski definition) is 5. The van der Waals surface area contributed by atoms with Gasteiger partial charge in [-0.2, -0.15) is 0 Å². The first-order valence-electron chi connectivity index (χ1n) is 12.3. The van der Waals surface area contributed by atoms with Crippen LogP contribution in [0.5, 0.6) is 5.75 Å². The highest BCUT2D eigenvalue weighted by molar-refractivity contribution is 6.07. The van der Waals surface area contributed by atoms with Gasteiger partial charge in [-0.3, -0.25) is 14.4 Å². The van der Waals surface area contributed by atoms with E-state index < -0.39 is 54.8 Å². The van der Waals surface area contributed by atoms with Crippen LogP contribution in [0.2, 0.25) is 0 Å². The molecule has 0 bridgehead atoms. The first-order chi connectivity index (χ1) is 17.3. The number of aromatic hydroxyl groups is 1. The standard InChI is InChI=1S/C26H39N3O8/c1-14(2)37-28-15(3)17-6-7-21(32)25-18(17)8-16(10-22(25)33)9-19(20(12-30)29(4)5)26(36,13-31)23(34)11-24(27)35/h6-7,14,16,19-20,30-32,36H,8-13H2,1-5H3,(H2,27,35)/b28-15-/t16-,19-,20+,26+/m0/s1. The number of ketones is 2. The number of Topliss-reactive ketones (excluding diaryl/α,β-unsaturated/α-hetero) is 2. The summed E-state index contributed by atoms with van der Waals surface area (Å²) in [4.78, 5) is 44.4. The maximum Gasteiger partial charge on any atom is 0.224 e. The summed E-state index contributed by atoms with van der Waals surface area (Å²) >= 11 is 0. The molecular weight excluding hydrogens is 482 g/mol. The summed E-state index contributed by atoms with van der Waals surface area (Å²) in [5.74, 6) is -3.84. The largest absolute Gasteiger partial charge is 0.507 e. The molecule has 0 heterocycles. The number of benzene rings is 1. The Kier molecular flexibility index (Phi) is 10.3. The second kappa shape index (κ2) is 12.6. The molecule has 1 aromatic rings. The van der Waals surface area contributed by atoms with Gasteiger partial charge in [0, 0.05) is 23.9 Å². The summed E-state index contributed by atoms with van der Waals surface area (Å²) in [5, 5.41) is 46.2. The number of phenolic OH excluding ortho intramolecular Hbond substituents is 1. The van der Waals surface area contributed by atoms with Crippen LogP contribution < -0.4 is 5.73 Å². The molecule has 0 spiro atoms. The summed E-state index contributed by atoms with van der Waals surface area (Å²) in [7, 11) is 3.30. The Bertz CT molecular complexity index is 1040. The number of amides is 1. The van der Waals surface area contributed by atoms with E-state index in [1.807, 2.05) is 13.8 Å². The highest BCUT2D eigenvalue weighted by atomic mass is 16.6. The smallest absolute Gasteiger partial charge is 0.224 e. The van der Waals surface area contributed by atoms with Crippen molar-refractivity contribution in [2.75, 3.05) is 27.3 Å². The third-order valence-electron chi connectivity index (χ3n) is 6.90. The highest BCUT2D eigenvalue weighted by Gasteiger charge is 2.49. The Morgan fingerprint density at radius 2 is 1.89 bits per heavy atom. The van der Waals surface area contributed by atoms with Crippen molar-refractivity contribution in [3.05, 3.63) is 28.8 Å². The molecular formula is C26H39N3O8. The molecule has 0 aromatic heterocycles. The van der Waals surface area contributed by atoms with E-state index in [0.717, 1.165) is 0 Å². The molecule has 0 unspecified atom stereocenters. The minimum Gasteiger partial charge on any atom is -0.507 e. The fourth-order valence-corrected chi connectivity index (χ4v) is 5.03. The Balaban J connectivity index is 2.53. The number of rotatable bonds is 13. The van der Waals surface area contributed by atoms with Crippen LogP contribution in [-0.4, -0.2) is 93.6 Å². The van der Waals surface area contributed by atoms with Crippen molar-refractivity contribution in [2.24, 2.45) is 22.7 Å². The normalized spacial score (nSPS) is 19.4. The third kappa shape index (κ3) is 6.92. The fourth-order valence-electron chi connectivity index (χ4n) is 5.03. The zero-order valence-electron chi connectivity index (χ0n) is 22.1. The van der Waals surface area contributed by atoms with Crippen molar-refractivity contribution in [3.63, 3.8) is 0 Å². The molecule has 0 radical (unpaired) electrons. The minimum absolute atomic E-state index is 0.0102. The lowest BCUT2D eigenvalue weighted by atomic mass is 9.69. The zero-order chi connectivity index (χ0) is 28.1. The molecule has 0 aliphatic heterocycles. The fraction of sp³-hybridized carbons (Fsp3) is 0.615. The lowest BCUT2D eigenvalue weighted by molar-refractivity contribution is -0.157. The molecule has 11 nitrogen and oxygen atoms in total. The van der Waals surface area contributed by atoms with Crippen molar-refractivity contribution >= 4 is 23.2 Å². The monoisotopic (exact) mass is 521 g/mol. The van der Waals surface area contributed by atoms with Gasteiger partial charge < -0.3 is 35.9 Å². The molecule has 0 saturated carbocycles. The first-order valence-corrected chi connectivity index (χ1v) is 12.3. The molecule has 6 N–H and O–H groups in total. The van der Waals surface area contributed by atoms with Crippen LogP contribution in [0.25, 0.3) is 0 Å². The number of phenols is 1. The lowest BCUT2D eigenvalue weighted by Gasteiger charge is -2.42. The number of carbonyl (C=O) groups is 3. The number of likely N-dealkylation sites (N-methyl/N-ethyl adjacent to an activating group) is 1. The van der Waals surface area contributed by atoms with Crippen molar-refractivity contribution in [1.82, 2.24) is 4.90 Å². The molecule has 11 heteroatoms. The molecule has 2 rings (SSSR count). The van der Waals surface area contributed by atoms with Crippen LogP contribution in [0.15, 0.2) is 17.3 Å². The van der Waals surface area contributed by atoms with E-state index in [1.54, 1.807) is 32.0 Å². The molecule has 37 heavy (non-hydrogen) atoms. The summed E-state index contributed by atoms with van der Waals surface area (Å²) in [6, 6.07) is 2.31. The summed E-state index contributed by atoms with van der Waals surface area (Å²) in [6.45, 7) is 3.94. The van der Waals surface area contributed by atoms with Crippen molar-refractivity contribution in [2.45, 2.75) is 64.2 Å². The number of nitrogens with two attached hydrogens (primary N) is 1. The molecule has 0 saturated heterocycles. The molecule has 1 amide bonds. The number of aliphatic hydroxyl groups is 3. The highest BCUT2D eigenvalue weighted by Crippen LogP contribution is 2.40. The molecule has 206 valence electrons. The number of hydrogen-bond acceptors (Lipinski definition) is 10. The van der Waals surface area contributed by atoms with Gasteiger partial charge in [0.05, 0.1) is 30.9 Å². The lowest BCUT2D eigenvalue weighted by Crippen LogP contribution is -2.58. The predicted octanol–water partition coefficient (Wildman–Crippen LogP) is 0.383. The van der Waals surface area contributed by atoms with Crippen LogP contribution in [0.3, 0.4) is 0 Å². The minimum atomic E-state index is -2.37. The quantitative estimate of drug-likeness (QED) is 0.139. The van der Waals surface area contributed by atoms with E-state index >= 15 is 0 Å². The molecule has 0 fully saturated rings. The van der Waals surface area contributed by atoms with Crippen LogP contribution >= 0.6 is 0 Å². The van der Waals surface area contributed by atoms with Crippen molar-refractivity contribution < 1.29 is 39.6 Å². The number of nitrogens with zero attached hydrogens (tertiary/aromatic N) is 2. The summed E-state index contributed by atoms with van der Waals surface area (Å²) < 4.78 is 0. The van der Waals surface area contributed by atoms with Gasteiger partial charge in [0.15, 0.2) is 17.2 Å². The summed E-state index contributed by atoms with van der Waals surface area (Å²) in [5.41, 5.74) is 4.69. The number of fused-ring (bicyclic) bond motifs is 1. The van der Waals surface area contributed by atoms with Crippen molar-refractivity contribution in [1.29, 1.82) is 0 Å². The average Bonchev–Trinajstić information content (AvgIpc) is 2.81. The van der Waals surface area contributed by atoms with Gasteiger partial charge in [-0.25, -0.2) is 0 Å². The molecule has 1 aromatic carbocycles. The number of primary amides is 1. The Morgan fingerprint density at radius 1 is 1.24 bits per heavy atom. The first kappa shape index (κ1) is 30.4. The second-order valence-electron chi connectivity index (χ2n) is 10.2. The average molecular weight is 522 g/mol. The van der Waals surface area contributed by atoms with Crippen molar-refractivity contribution in [3.8, 4) is 5.75 Å². The number of carbonyl (C=O) groups excluding carboxylic acids is 3. The maximum absolute atomic E-state index is 13.2. The maximum atomic E-state index is 13.2. The summed E-state index contributed by atoms with van der Waals surface area (Å²) in [6.07, 6.45) is -0.573. The van der Waals surface area contributed by atoms with E-state index in [0.29, 0.717) is 23.3 Å². The van der Waals surface area contributed by atoms with Gasteiger partial charge in [0.25, 0.3) is 0 Å². The van der Waals surface area contributed by atoms with Gasteiger partial charge in [-0.15, -0.1) is 0 Å².